The summed E-state index contributed by atoms with van der Waals surface area (Å²) >= 11 is 0. The van der Waals surface area contributed by atoms with E-state index in [0.717, 1.165) is 0 Å². The van der Waals surface area contributed by atoms with E-state index in [2.05, 4.69) is 58.5 Å². The summed E-state index contributed by atoms with van der Waals surface area (Å²) in [6.45, 7) is 24.8. The van der Waals surface area contributed by atoms with Crippen LogP contribution < -0.4 is 81.4 Å². The van der Waals surface area contributed by atoms with Crippen LogP contribution in [-0.4, -0.2) is 168 Å². The number of amides is 11. The highest BCUT2D eigenvalue weighted by atomic mass is 16.4. The molecule has 28 nitrogen and oxygen atoms in total. The van der Waals surface area contributed by atoms with Gasteiger partial charge in [0.15, 0.2) is 0 Å². The van der Waals surface area contributed by atoms with Crippen molar-refractivity contribution in [1.29, 1.82) is 0 Å². The van der Waals surface area contributed by atoms with Gasteiger partial charge in [0.2, 0.25) is 65.0 Å². The Balaban J connectivity index is 6.52. The number of carbonyl (C=O) groups excluding carboxylic acids is 11. The second-order valence-corrected chi connectivity index (χ2v) is 25.3. The molecular weight excluding hydrogens is 1140 g/mol. The number of carboxylic acid groups (broad SMARTS) is 1. The number of nitrogens with two attached hydrogens (primary N) is 4. The van der Waals surface area contributed by atoms with Gasteiger partial charge in [0, 0.05) is 0 Å². The highest BCUT2D eigenvalue weighted by Crippen LogP contribution is 2.14. The number of rotatable bonds is 45. The number of nitrogens with one attached hydrogen (secondary N) is 11. The Labute approximate surface area is 521 Å². The highest BCUT2D eigenvalue weighted by molar-refractivity contribution is 5.99. The molecule has 0 aliphatic carbocycles. The van der Waals surface area contributed by atoms with Gasteiger partial charge in [0.05, 0.1) is 6.04 Å². The molecule has 0 fully saturated rings. The van der Waals surface area contributed by atoms with Gasteiger partial charge < -0.3 is 86.5 Å². The zero-order valence-electron chi connectivity index (χ0n) is 55.0. The number of hydrogen-bond acceptors (Lipinski definition) is 16. The molecule has 28 heteroatoms. The van der Waals surface area contributed by atoms with Gasteiger partial charge in [-0.2, -0.15) is 0 Å². The van der Waals surface area contributed by atoms with Crippen molar-refractivity contribution in [2.24, 2.45) is 52.5 Å². The maximum atomic E-state index is 14.3. The fourth-order valence-electron chi connectivity index (χ4n) is 9.21. The van der Waals surface area contributed by atoms with Gasteiger partial charge in [-0.1, -0.05) is 69.2 Å². The third kappa shape index (κ3) is 33.7. The summed E-state index contributed by atoms with van der Waals surface area (Å²) in [5.74, 6) is -9.56. The van der Waals surface area contributed by atoms with Crippen LogP contribution in [0.15, 0.2) is 0 Å². The van der Waals surface area contributed by atoms with E-state index in [9.17, 15) is 62.6 Å². The van der Waals surface area contributed by atoms with Crippen molar-refractivity contribution in [2.75, 3.05) is 19.6 Å². The van der Waals surface area contributed by atoms with Crippen LogP contribution in [0.3, 0.4) is 0 Å². The van der Waals surface area contributed by atoms with E-state index < -0.39 is 143 Å². The third-order valence-electron chi connectivity index (χ3n) is 14.1. The van der Waals surface area contributed by atoms with Crippen molar-refractivity contribution in [3.63, 3.8) is 0 Å². The summed E-state index contributed by atoms with van der Waals surface area (Å²) in [6.07, 6.45) is 3.82. The molecule has 0 spiro atoms. The maximum absolute atomic E-state index is 14.3. The average molecular weight is 1250 g/mol. The minimum Gasteiger partial charge on any atom is -0.480 e. The van der Waals surface area contributed by atoms with Crippen LogP contribution in [0, 0.1) is 29.6 Å². The first-order valence-electron chi connectivity index (χ1n) is 31.5. The monoisotopic (exact) mass is 1250 g/mol. The highest BCUT2D eigenvalue weighted by Gasteiger charge is 2.36. The number of hydrogen-bond donors (Lipinski definition) is 16. The van der Waals surface area contributed by atoms with Gasteiger partial charge in [0.25, 0.3) is 0 Å². The smallest absolute Gasteiger partial charge is 0.326 e. The lowest BCUT2D eigenvalue weighted by molar-refractivity contribution is -0.142. The van der Waals surface area contributed by atoms with Gasteiger partial charge in [-0.05, 0) is 167 Å². The third-order valence-corrected chi connectivity index (χ3v) is 14.1. The fraction of sp³-hybridized carbons (Fsp3) is 0.800. The van der Waals surface area contributed by atoms with Crippen LogP contribution in [-0.2, 0) is 57.5 Å². The Kier molecular flexibility index (Phi) is 40.0. The molecule has 0 saturated carbocycles. The predicted molar refractivity (Wildman–Crippen MR) is 336 cm³/mol. The molecule has 0 rings (SSSR count). The molecular formula is C60H113N15O13. The van der Waals surface area contributed by atoms with E-state index in [4.69, 9.17) is 22.9 Å². The van der Waals surface area contributed by atoms with E-state index in [0.29, 0.717) is 51.6 Å². The lowest BCUT2D eigenvalue weighted by atomic mass is 9.99. The summed E-state index contributed by atoms with van der Waals surface area (Å²) in [6, 6.07) is -14.0. The second kappa shape index (κ2) is 43.2. The Hall–Kier alpha value is -6.52. The molecule has 0 aromatic carbocycles. The number of carbonyl (C=O) groups is 12. The van der Waals surface area contributed by atoms with Crippen molar-refractivity contribution in [3.05, 3.63) is 0 Å². The standard InChI is InChI=1S/C60H113N15O13/c1-32(2)27-44(71-49(76)37(11)64)56(83)68-41(21-15-18-24-61)53(80)66-39(13)51(78)73-46(29-34(5)6)59(86)74-47(30-35(7)8)58(85)70-43(23-17-20-26-63)54(81)65-38(12)50(77)72-45(28-33(3)4)57(84)69-42(22-16-19-25-62)55(82)67-40(14)52(79)75-48(60(87)88)31-36(9)10/h32-48H,15-31,61-64H2,1-14H3,(H,65,81)(H,66,80)(H,67,82)(H,68,83)(H,69,84)(H,70,85)(H,71,76)(H,72,77)(H,73,78)(H,74,86)(H,75,79)(H,87,88)/t37-,38-,39-,40-,41-,42-,43-,44-,45-,46-,47-,48-/m0/s1. The molecule has 0 aliphatic heterocycles. The second-order valence-electron chi connectivity index (χ2n) is 25.3. The number of aliphatic carboxylic acids is 1. The van der Waals surface area contributed by atoms with Gasteiger partial charge in [-0.3, -0.25) is 52.7 Å². The quantitative estimate of drug-likeness (QED) is 0.0340. The van der Waals surface area contributed by atoms with E-state index in [-0.39, 0.29) is 87.5 Å². The first kappa shape index (κ1) is 81.5. The molecule has 0 radical (unpaired) electrons. The Morgan fingerprint density at radius 2 is 0.466 bits per heavy atom. The topological polar surface area (TPSA) is 461 Å². The zero-order valence-corrected chi connectivity index (χ0v) is 55.0. The van der Waals surface area contributed by atoms with Crippen LogP contribution in [0.5, 0.6) is 0 Å². The molecule has 88 heavy (non-hydrogen) atoms. The molecule has 0 aliphatic rings. The average Bonchev–Trinajstić information content (AvgIpc) is 3.60. The molecule has 0 heterocycles. The van der Waals surface area contributed by atoms with Gasteiger partial charge in [-0.25, -0.2) is 4.79 Å². The van der Waals surface area contributed by atoms with Crippen LogP contribution in [0.1, 0.15) is 187 Å². The van der Waals surface area contributed by atoms with E-state index in [1.807, 2.05) is 55.4 Å². The van der Waals surface area contributed by atoms with E-state index in [1.54, 1.807) is 13.8 Å². The van der Waals surface area contributed by atoms with Crippen molar-refractivity contribution >= 4 is 70.9 Å². The van der Waals surface area contributed by atoms with E-state index in [1.165, 1.54) is 27.7 Å². The zero-order chi connectivity index (χ0) is 67.5. The molecule has 0 saturated heterocycles. The van der Waals surface area contributed by atoms with Crippen LogP contribution >= 0.6 is 0 Å². The summed E-state index contributed by atoms with van der Waals surface area (Å²) in [5.41, 5.74) is 23.0. The lowest BCUT2D eigenvalue weighted by Gasteiger charge is -2.28. The van der Waals surface area contributed by atoms with Crippen molar-refractivity contribution in [1.82, 2.24) is 58.5 Å². The molecule has 20 N–H and O–H groups in total. The SMILES string of the molecule is CC(C)C[C@H](NC(=O)[C@H](C)NC(=O)[C@H](CCCCN)NC(=O)[C@H](CC(C)C)NC(=O)[C@H](C)NC(=O)[C@H](CCCCN)NC(=O)[C@H](CC(C)C)NC(=O)[C@H](CC(C)C)NC(=O)[C@H](C)NC(=O)[C@H](CCCCN)NC(=O)[C@H](CC(C)C)NC(=O)[C@H](C)N)C(=O)O. The molecule has 506 valence electrons. The minimum atomic E-state index is -1.28. The van der Waals surface area contributed by atoms with Gasteiger partial charge in [-0.15, -0.1) is 0 Å². The Morgan fingerprint density at radius 3 is 0.682 bits per heavy atom. The van der Waals surface area contributed by atoms with Crippen LogP contribution in [0.25, 0.3) is 0 Å². The predicted octanol–water partition coefficient (Wildman–Crippen LogP) is -0.572. The molecule has 0 unspecified atom stereocenters. The summed E-state index contributed by atoms with van der Waals surface area (Å²) in [5, 5.41) is 38.9. The summed E-state index contributed by atoms with van der Waals surface area (Å²) < 4.78 is 0. The van der Waals surface area contributed by atoms with E-state index >= 15 is 0 Å². The first-order chi connectivity index (χ1) is 41.1. The lowest BCUT2D eigenvalue weighted by Crippen LogP contribution is -2.60. The molecule has 0 aromatic rings. The molecule has 11 amide bonds. The Morgan fingerprint density at radius 1 is 0.273 bits per heavy atom. The Bertz CT molecular complexity index is 2230. The van der Waals surface area contributed by atoms with Gasteiger partial charge >= 0.3 is 5.97 Å². The molecule has 0 aromatic heterocycles. The first-order valence-corrected chi connectivity index (χ1v) is 31.5. The largest absolute Gasteiger partial charge is 0.480 e. The molecule has 0 bridgehead atoms. The van der Waals surface area contributed by atoms with Crippen molar-refractivity contribution < 1.29 is 62.6 Å². The summed E-state index contributed by atoms with van der Waals surface area (Å²) in [4.78, 5) is 163. The van der Waals surface area contributed by atoms with Crippen molar-refractivity contribution in [2.45, 2.75) is 259 Å². The van der Waals surface area contributed by atoms with Crippen molar-refractivity contribution in [3.8, 4) is 0 Å². The van der Waals surface area contributed by atoms with Crippen LogP contribution in [0.4, 0.5) is 0 Å². The fourth-order valence-corrected chi connectivity index (χ4v) is 9.21. The van der Waals surface area contributed by atoms with Gasteiger partial charge in [0.1, 0.15) is 66.5 Å². The van der Waals surface area contributed by atoms with Crippen LogP contribution in [0.2, 0.25) is 0 Å². The molecule has 12 atom stereocenters. The number of unbranched alkanes of at least 4 members (excludes halogenated alkanes) is 3. The number of carboxylic acids is 1. The summed E-state index contributed by atoms with van der Waals surface area (Å²) in [7, 11) is 0. The normalized spacial score (nSPS) is 15.6. The minimum absolute atomic E-state index is 0.0147. The maximum Gasteiger partial charge on any atom is 0.326 e.